The van der Waals surface area contributed by atoms with Gasteiger partial charge in [-0.15, -0.1) is 10.2 Å². The quantitative estimate of drug-likeness (QED) is 0.906. The number of carboxylic acids is 1. The van der Waals surface area contributed by atoms with Gasteiger partial charge < -0.3 is 10.0 Å². The highest BCUT2D eigenvalue weighted by molar-refractivity contribution is 7.15. The van der Waals surface area contributed by atoms with Crippen LogP contribution in [0.4, 0.5) is 5.13 Å². The van der Waals surface area contributed by atoms with Gasteiger partial charge in [-0.25, -0.2) is 4.79 Å². The minimum absolute atomic E-state index is 0.504. The van der Waals surface area contributed by atoms with Gasteiger partial charge in [0, 0.05) is 13.0 Å². The van der Waals surface area contributed by atoms with E-state index in [0.29, 0.717) is 18.1 Å². The van der Waals surface area contributed by atoms with Crippen LogP contribution in [0.2, 0.25) is 0 Å². The van der Waals surface area contributed by atoms with E-state index in [4.69, 9.17) is 0 Å². The Hall–Kier alpha value is -1.95. The Morgan fingerprint density at radius 3 is 2.74 bits per heavy atom. The lowest BCUT2D eigenvalue weighted by Gasteiger charge is -2.33. The number of aliphatic carboxylic acids is 1. The summed E-state index contributed by atoms with van der Waals surface area (Å²) in [4.78, 5) is 13.3. The molecule has 1 N–H and O–H groups in total. The summed E-state index contributed by atoms with van der Waals surface area (Å²) < 4.78 is 0. The molecule has 1 aromatic carbocycles. The van der Waals surface area contributed by atoms with Crippen LogP contribution in [0.5, 0.6) is 0 Å². The topological polar surface area (TPSA) is 66.3 Å². The van der Waals surface area contributed by atoms with E-state index in [9.17, 15) is 9.90 Å². The highest BCUT2D eigenvalue weighted by Gasteiger charge is 2.33. The molecular formula is C13H13N3O2S. The third-order valence-electron chi connectivity index (χ3n) is 3.29. The zero-order valence-electron chi connectivity index (χ0n) is 10.4. The predicted octanol–water partition coefficient (Wildman–Crippen LogP) is 1.86. The molecule has 5 nitrogen and oxygen atoms in total. The number of hydrogen-bond acceptors (Lipinski definition) is 5. The number of fused-ring (bicyclic) bond motifs is 1. The third kappa shape index (κ3) is 2.19. The first-order valence-corrected chi connectivity index (χ1v) is 6.83. The van der Waals surface area contributed by atoms with Crippen molar-refractivity contribution in [3.05, 3.63) is 40.4 Å². The highest BCUT2D eigenvalue weighted by Crippen LogP contribution is 2.30. The van der Waals surface area contributed by atoms with Gasteiger partial charge in [0.05, 0.1) is 0 Å². The summed E-state index contributed by atoms with van der Waals surface area (Å²) in [6.45, 7) is 2.44. The zero-order valence-corrected chi connectivity index (χ0v) is 11.2. The van der Waals surface area contributed by atoms with Crippen molar-refractivity contribution in [1.29, 1.82) is 0 Å². The lowest BCUT2D eigenvalue weighted by atomic mass is 9.94. The van der Waals surface area contributed by atoms with E-state index in [1.165, 1.54) is 11.3 Å². The van der Waals surface area contributed by atoms with E-state index >= 15 is 0 Å². The summed E-state index contributed by atoms with van der Waals surface area (Å²) in [5.74, 6) is -0.817. The van der Waals surface area contributed by atoms with E-state index in [-0.39, 0.29) is 0 Å². The molecule has 98 valence electrons. The van der Waals surface area contributed by atoms with Crippen LogP contribution in [0.15, 0.2) is 24.3 Å². The molecule has 2 heterocycles. The molecule has 6 heteroatoms. The molecule has 19 heavy (non-hydrogen) atoms. The van der Waals surface area contributed by atoms with Crippen molar-refractivity contribution in [2.45, 2.75) is 25.9 Å². The Morgan fingerprint density at radius 2 is 2.11 bits per heavy atom. The van der Waals surface area contributed by atoms with Gasteiger partial charge in [0.1, 0.15) is 11.0 Å². The van der Waals surface area contributed by atoms with Crippen molar-refractivity contribution in [3.63, 3.8) is 0 Å². The van der Waals surface area contributed by atoms with Crippen molar-refractivity contribution in [2.75, 3.05) is 4.90 Å². The molecule has 0 spiro atoms. The molecule has 0 aliphatic carbocycles. The molecule has 0 radical (unpaired) electrons. The van der Waals surface area contributed by atoms with Crippen LogP contribution in [0.25, 0.3) is 0 Å². The molecular weight excluding hydrogens is 262 g/mol. The molecule has 0 saturated heterocycles. The normalized spacial score (nSPS) is 18.2. The summed E-state index contributed by atoms with van der Waals surface area (Å²) in [5, 5.41) is 19.0. The maximum Gasteiger partial charge on any atom is 0.326 e. The van der Waals surface area contributed by atoms with Crippen LogP contribution in [0, 0.1) is 6.92 Å². The van der Waals surface area contributed by atoms with Crippen LogP contribution in [0.1, 0.15) is 16.1 Å². The Balaban J connectivity index is 2.00. The van der Waals surface area contributed by atoms with E-state index in [1.54, 1.807) is 0 Å². The molecule has 0 amide bonds. The van der Waals surface area contributed by atoms with E-state index in [2.05, 4.69) is 10.2 Å². The van der Waals surface area contributed by atoms with Gasteiger partial charge in [0.15, 0.2) is 0 Å². The first-order chi connectivity index (χ1) is 9.15. The second-order valence-corrected chi connectivity index (χ2v) is 5.72. The van der Waals surface area contributed by atoms with Crippen molar-refractivity contribution in [2.24, 2.45) is 0 Å². The number of nitrogens with zero attached hydrogens (tertiary/aromatic N) is 3. The first-order valence-electron chi connectivity index (χ1n) is 6.01. The van der Waals surface area contributed by atoms with E-state index < -0.39 is 12.0 Å². The number of carbonyl (C=O) groups is 1. The van der Waals surface area contributed by atoms with E-state index in [0.717, 1.165) is 16.1 Å². The van der Waals surface area contributed by atoms with Gasteiger partial charge in [-0.1, -0.05) is 35.6 Å². The van der Waals surface area contributed by atoms with Crippen molar-refractivity contribution >= 4 is 22.4 Å². The smallest absolute Gasteiger partial charge is 0.326 e. The summed E-state index contributed by atoms with van der Waals surface area (Å²) in [6, 6.07) is 7.39. The number of aromatic nitrogens is 2. The standard InChI is InChI=1S/C13H13N3O2S/c1-8-14-15-13(19-8)16-7-10-5-3-2-4-9(10)6-11(16)12(17)18/h2-5,11H,6-7H2,1H3,(H,17,18). The number of anilines is 1. The fourth-order valence-corrected chi connectivity index (χ4v) is 3.08. The Kier molecular flexibility index (Phi) is 2.94. The van der Waals surface area contributed by atoms with Crippen LogP contribution >= 0.6 is 11.3 Å². The number of benzene rings is 1. The Morgan fingerprint density at radius 1 is 1.37 bits per heavy atom. The maximum absolute atomic E-state index is 11.5. The Bertz CT molecular complexity index is 626. The molecule has 1 atom stereocenters. The monoisotopic (exact) mass is 275 g/mol. The van der Waals surface area contributed by atoms with Crippen molar-refractivity contribution < 1.29 is 9.90 Å². The third-order valence-corrected chi connectivity index (χ3v) is 4.17. The SMILES string of the molecule is Cc1nnc(N2Cc3ccccc3CC2C(=O)O)s1. The molecule has 0 fully saturated rings. The fraction of sp³-hybridized carbons (Fsp3) is 0.308. The fourth-order valence-electron chi connectivity index (χ4n) is 2.35. The van der Waals surface area contributed by atoms with Gasteiger partial charge in [-0.05, 0) is 18.1 Å². The largest absolute Gasteiger partial charge is 0.480 e. The van der Waals surface area contributed by atoms with Gasteiger partial charge in [0.2, 0.25) is 5.13 Å². The van der Waals surface area contributed by atoms with Crippen molar-refractivity contribution in [3.8, 4) is 0 Å². The number of carboxylic acid groups (broad SMARTS) is 1. The lowest BCUT2D eigenvalue weighted by molar-refractivity contribution is -0.138. The average molecular weight is 275 g/mol. The maximum atomic E-state index is 11.5. The molecule has 1 aliphatic heterocycles. The Labute approximate surface area is 114 Å². The average Bonchev–Trinajstić information content (AvgIpc) is 2.83. The number of rotatable bonds is 2. The van der Waals surface area contributed by atoms with E-state index in [1.807, 2.05) is 36.1 Å². The summed E-state index contributed by atoms with van der Waals surface area (Å²) in [5.41, 5.74) is 2.26. The molecule has 1 aromatic heterocycles. The molecule has 0 saturated carbocycles. The summed E-state index contributed by atoms with van der Waals surface area (Å²) in [6.07, 6.45) is 0.504. The zero-order chi connectivity index (χ0) is 13.4. The molecule has 2 aromatic rings. The van der Waals surface area contributed by atoms with Gasteiger partial charge in [0.25, 0.3) is 0 Å². The molecule has 3 rings (SSSR count). The molecule has 0 bridgehead atoms. The van der Waals surface area contributed by atoms with Crippen molar-refractivity contribution in [1.82, 2.24) is 10.2 Å². The summed E-state index contributed by atoms with van der Waals surface area (Å²) >= 11 is 1.43. The number of aryl methyl sites for hydroxylation is 1. The summed E-state index contributed by atoms with van der Waals surface area (Å²) in [7, 11) is 0. The lowest BCUT2D eigenvalue weighted by Crippen LogP contribution is -2.45. The van der Waals surface area contributed by atoms with Gasteiger partial charge in [-0.3, -0.25) is 0 Å². The second-order valence-electron chi connectivity index (χ2n) is 4.56. The minimum Gasteiger partial charge on any atom is -0.480 e. The van der Waals surface area contributed by atoms with Crippen LogP contribution < -0.4 is 4.90 Å². The van der Waals surface area contributed by atoms with Crippen LogP contribution in [-0.2, 0) is 17.8 Å². The second kappa shape index (κ2) is 4.62. The minimum atomic E-state index is -0.817. The molecule has 1 unspecified atom stereocenters. The first kappa shape index (κ1) is 12.1. The van der Waals surface area contributed by atoms with Gasteiger partial charge >= 0.3 is 5.97 Å². The van der Waals surface area contributed by atoms with Crippen LogP contribution in [-0.4, -0.2) is 27.3 Å². The van der Waals surface area contributed by atoms with Crippen LogP contribution in [0.3, 0.4) is 0 Å². The van der Waals surface area contributed by atoms with Gasteiger partial charge in [-0.2, -0.15) is 0 Å². The predicted molar refractivity (Wildman–Crippen MR) is 72.4 cm³/mol. The molecule has 1 aliphatic rings. The number of hydrogen-bond donors (Lipinski definition) is 1. The highest BCUT2D eigenvalue weighted by atomic mass is 32.1.